The summed E-state index contributed by atoms with van der Waals surface area (Å²) < 4.78 is 31.3. The zero-order valence-corrected chi connectivity index (χ0v) is 14.6. The lowest BCUT2D eigenvalue weighted by Gasteiger charge is -2.25. The van der Waals surface area contributed by atoms with Gasteiger partial charge < -0.3 is 14.8 Å². The maximum Gasteiger partial charge on any atom is 0.337 e. The predicted octanol–water partition coefficient (Wildman–Crippen LogP) is 0.778. The number of carbonyl (C=O) groups is 3. The number of esters is 2. The van der Waals surface area contributed by atoms with Gasteiger partial charge in [0.1, 0.15) is 6.61 Å². The summed E-state index contributed by atoms with van der Waals surface area (Å²) in [4.78, 5) is 34.7. The van der Waals surface area contributed by atoms with Crippen molar-refractivity contribution in [3.63, 3.8) is 0 Å². The molecule has 1 aromatic rings. The average molecular weight is 357 g/mol. The average Bonchev–Trinajstić information content (AvgIpc) is 2.51. The molecule has 1 atom stereocenters. The second kappa shape index (κ2) is 7.43. The van der Waals surface area contributed by atoms with E-state index in [0.29, 0.717) is 0 Å². The van der Waals surface area contributed by atoms with Crippen LogP contribution in [-0.2, 0) is 28.9 Å². The number of hydrogen-bond donors (Lipinski definition) is 1. The van der Waals surface area contributed by atoms with Gasteiger partial charge in [-0.1, -0.05) is 0 Å². The summed E-state index contributed by atoms with van der Waals surface area (Å²) in [6.45, 7) is 1.68. The van der Waals surface area contributed by atoms with Crippen LogP contribution in [0.5, 0.6) is 0 Å². The molecular formula is C15H19NO7S. The number of anilines is 1. The largest absolute Gasteiger partial charge is 0.465 e. The van der Waals surface area contributed by atoms with Crippen molar-refractivity contribution in [3.8, 4) is 0 Å². The van der Waals surface area contributed by atoms with Gasteiger partial charge in [-0.05, 0) is 31.2 Å². The number of sulfone groups is 1. The van der Waals surface area contributed by atoms with Gasteiger partial charge in [0.25, 0.3) is 0 Å². The minimum absolute atomic E-state index is 0.279. The van der Waals surface area contributed by atoms with Gasteiger partial charge >= 0.3 is 11.9 Å². The first-order valence-electron chi connectivity index (χ1n) is 6.84. The summed E-state index contributed by atoms with van der Waals surface area (Å²) in [5.74, 6) is -2.08. The highest BCUT2D eigenvalue weighted by molar-refractivity contribution is 7.92. The van der Waals surface area contributed by atoms with Crippen LogP contribution in [0.3, 0.4) is 0 Å². The standard InChI is InChI=1S/C15H19NO7S/c1-10(17)23-9-15(2,24(4,20)21)14(19)16-12-7-5-11(6-8-12)13(18)22-3/h5-8H,9H2,1-4H3,(H,16,19). The molecule has 8 nitrogen and oxygen atoms in total. The molecule has 1 unspecified atom stereocenters. The summed E-state index contributed by atoms with van der Waals surface area (Å²) in [6.07, 6.45) is 0.885. The lowest BCUT2D eigenvalue weighted by atomic mass is 10.1. The van der Waals surface area contributed by atoms with Gasteiger partial charge in [0.2, 0.25) is 5.91 Å². The Morgan fingerprint density at radius 2 is 1.71 bits per heavy atom. The van der Waals surface area contributed by atoms with E-state index < -0.39 is 39.0 Å². The van der Waals surface area contributed by atoms with Crippen LogP contribution >= 0.6 is 0 Å². The van der Waals surface area contributed by atoms with E-state index >= 15 is 0 Å². The van der Waals surface area contributed by atoms with Crippen LogP contribution < -0.4 is 5.32 Å². The van der Waals surface area contributed by atoms with Crippen molar-refractivity contribution in [1.82, 2.24) is 0 Å². The van der Waals surface area contributed by atoms with Crippen LogP contribution in [0.1, 0.15) is 24.2 Å². The van der Waals surface area contributed by atoms with Gasteiger partial charge in [-0.15, -0.1) is 0 Å². The molecule has 0 aromatic heterocycles. The third-order valence-corrected chi connectivity index (χ3v) is 5.35. The van der Waals surface area contributed by atoms with Crippen molar-refractivity contribution in [2.75, 3.05) is 25.3 Å². The summed E-state index contributed by atoms with van der Waals surface area (Å²) in [7, 11) is -2.63. The Hall–Kier alpha value is -2.42. The van der Waals surface area contributed by atoms with Crippen LogP contribution in [0.25, 0.3) is 0 Å². The molecule has 1 rings (SSSR count). The quantitative estimate of drug-likeness (QED) is 0.748. The molecule has 1 N–H and O–H groups in total. The Balaban J connectivity index is 3.00. The molecule has 0 bridgehead atoms. The monoisotopic (exact) mass is 357 g/mol. The first-order chi connectivity index (χ1) is 11.0. The van der Waals surface area contributed by atoms with E-state index in [1.54, 1.807) is 0 Å². The van der Waals surface area contributed by atoms with E-state index in [2.05, 4.69) is 10.1 Å². The van der Waals surface area contributed by atoms with Gasteiger partial charge in [0, 0.05) is 18.9 Å². The van der Waals surface area contributed by atoms with E-state index in [0.717, 1.165) is 13.2 Å². The fraction of sp³-hybridized carbons (Fsp3) is 0.400. The van der Waals surface area contributed by atoms with Crippen molar-refractivity contribution < 1.29 is 32.3 Å². The summed E-state index contributed by atoms with van der Waals surface area (Å²) in [5, 5.41) is 2.44. The molecule has 132 valence electrons. The van der Waals surface area contributed by atoms with E-state index in [1.807, 2.05) is 0 Å². The highest BCUT2D eigenvalue weighted by atomic mass is 32.2. The normalized spacial score (nSPS) is 13.5. The molecule has 9 heteroatoms. The molecule has 0 heterocycles. The van der Waals surface area contributed by atoms with Crippen molar-refractivity contribution in [2.24, 2.45) is 0 Å². The number of hydrogen-bond acceptors (Lipinski definition) is 7. The molecule has 24 heavy (non-hydrogen) atoms. The number of rotatable bonds is 6. The lowest BCUT2D eigenvalue weighted by molar-refractivity contribution is -0.142. The Bertz CT molecular complexity index is 740. The number of carbonyl (C=O) groups excluding carboxylic acids is 3. The van der Waals surface area contributed by atoms with Crippen LogP contribution in [0, 0.1) is 0 Å². The summed E-state index contributed by atoms with van der Waals surface area (Å²) in [5.41, 5.74) is 0.562. The number of benzene rings is 1. The lowest BCUT2D eigenvalue weighted by Crippen LogP contribution is -2.50. The van der Waals surface area contributed by atoms with Gasteiger partial charge in [-0.3, -0.25) is 9.59 Å². The first-order valence-corrected chi connectivity index (χ1v) is 8.73. The fourth-order valence-corrected chi connectivity index (χ4v) is 2.31. The maximum atomic E-state index is 12.4. The zero-order chi connectivity index (χ0) is 18.5. The smallest absolute Gasteiger partial charge is 0.337 e. The molecule has 0 saturated carbocycles. The number of methoxy groups -OCH3 is 1. The third-order valence-electron chi connectivity index (χ3n) is 3.41. The Morgan fingerprint density at radius 1 is 1.17 bits per heavy atom. The van der Waals surface area contributed by atoms with Gasteiger partial charge in [-0.25, -0.2) is 13.2 Å². The maximum absolute atomic E-state index is 12.4. The Morgan fingerprint density at radius 3 is 2.12 bits per heavy atom. The van der Waals surface area contributed by atoms with Crippen molar-refractivity contribution >= 4 is 33.4 Å². The van der Waals surface area contributed by atoms with Crippen molar-refractivity contribution in [2.45, 2.75) is 18.6 Å². The van der Waals surface area contributed by atoms with Crippen molar-refractivity contribution in [1.29, 1.82) is 0 Å². The Labute approximate surface area is 140 Å². The van der Waals surface area contributed by atoms with E-state index in [-0.39, 0.29) is 11.3 Å². The Kier molecular flexibility index (Phi) is 6.08. The third kappa shape index (κ3) is 4.54. The molecule has 0 radical (unpaired) electrons. The number of ether oxygens (including phenoxy) is 2. The summed E-state index contributed by atoms with van der Waals surface area (Å²) in [6, 6.07) is 5.70. The van der Waals surface area contributed by atoms with Gasteiger partial charge in [-0.2, -0.15) is 0 Å². The molecule has 0 fully saturated rings. The van der Waals surface area contributed by atoms with E-state index in [9.17, 15) is 22.8 Å². The number of amides is 1. The molecule has 0 aliphatic rings. The van der Waals surface area contributed by atoms with E-state index in [4.69, 9.17) is 4.74 Å². The van der Waals surface area contributed by atoms with Crippen LogP contribution in [0.4, 0.5) is 5.69 Å². The van der Waals surface area contributed by atoms with E-state index in [1.165, 1.54) is 38.3 Å². The predicted molar refractivity (Wildman–Crippen MR) is 86.3 cm³/mol. The SMILES string of the molecule is COC(=O)c1ccc(NC(=O)C(C)(COC(C)=O)S(C)(=O)=O)cc1. The second-order valence-electron chi connectivity index (χ2n) is 5.31. The van der Waals surface area contributed by atoms with Gasteiger partial charge in [0.05, 0.1) is 12.7 Å². The van der Waals surface area contributed by atoms with Gasteiger partial charge in [0.15, 0.2) is 14.6 Å². The topological polar surface area (TPSA) is 116 Å². The van der Waals surface area contributed by atoms with Crippen LogP contribution in [0.15, 0.2) is 24.3 Å². The van der Waals surface area contributed by atoms with Crippen LogP contribution in [0.2, 0.25) is 0 Å². The molecule has 1 aromatic carbocycles. The minimum Gasteiger partial charge on any atom is -0.465 e. The second-order valence-corrected chi connectivity index (χ2v) is 7.75. The molecule has 0 aliphatic carbocycles. The summed E-state index contributed by atoms with van der Waals surface area (Å²) >= 11 is 0. The molecule has 0 aliphatic heterocycles. The molecule has 0 spiro atoms. The number of nitrogens with one attached hydrogen (secondary N) is 1. The van der Waals surface area contributed by atoms with Crippen molar-refractivity contribution in [3.05, 3.63) is 29.8 Å². The highest BCUT2D eigenvalue weighted by Gasteiger charge is 2.45. The highest BCUT2D eigenvalue weighted by Crippen LogP contribution is 2.21. The molecule has 0 saturated heterocycles. The van der Waals surface area contributed by atoms with Crippen LogP contribution in [-0.4, -0.2) is 51.0 Å². The first kappa shape index (κ1) is 19.6. The zero-order valence-electron chi connectivity index (χ0n) is 13.8. The molecular weight excluding hydrogens is 338 g/mol. The fourth-order valence-electron chi connectivity index (χ4n) is 1.65. The minimum atomic E-state index is -3.87. The molecule has 1 amide bonds.